The molecule has 1 aromatic rings. The Morgan fingerprint density at radius 2 is 2.21 bits per heavy atom. The number of amides is 1. The van der Waals surface area contributed by atoms with Crippen molar-refractivity contribution >= 4 is 27.1 Å². The Morgan fingerprint density at radius 1 is 1.53 bits per heavy atom. The molecule has 1 saturated heterocycles. The van der Waals surface area contributed by atoms with E-state index in [1.54, 1.807) is 6.92 Å². The number of aryl methyl sites for hydroxylation is 2. The molecule has 2 heterocycles. The quantitative estimate of drug-likeness (QED) is 0.928. The van der Waals surface area contributed by atoms with Crippen LogP contribution in [0.25, 0.3) is 0 Å². The van der Waals surface area contributed by atoms with Gasteiger partial charge in [0.2, 0.25) is 0 Å². The van der Waals surface area contributed by atoms with E-state index in [1.165, 1.54) is 16.9 Å². The molecule has 1 aliphatic rings. The van der Waals surface area contributed by atoms with Gasteiger partial charge in [0.05, 0.1) is 21.9 Å². The van der Waals surface area contributed by atoms with Crippen LogP contribution in [0.1, 0.15) is 40.4 Å². The molecule has 0 aromatic carbocycles. The normalized spacial score (nSPS) is 25.4. The number of rotatable bonds is 3. The fourth-order valence-corrected chi connectivity index (χ4v) is 5.53. The summed E-state index contributed by atoms with van der Waals surface area (Å²) in [4.78, 5) is 14.0. The van der Waals surface area contributed by atoms with Gasteiger partial charge in [-0.3, -0.25) is 4.79 Å². The highest BCUT2D eigenvalue weighted by Gasteiger charge is 2.39. The Hall–Kier alpha value is -0.880. The monoisotopic (exact) mass is 301 g/mol. The minimum absolute atomic E-state index is 0.0384. The fraction of sp³-hybridized carbons (Fsp3) is 0.615. The van der Waals surface area contributed by atoms with Crippen LogP contribution < -0.4 is 5.32 Å². The van der Waals surface area contributed by atoms with Crippen molar-refractivity contribution in [1.29, 1.82) is 0 Å². The second kappa shape index (κ2) is 4.90. The largest absolute Gasteiger partial charge is 0.345 e. The van der Waals surface area contributed by atoms with E-state index < -0.39 is 15.4 Å². The SMILES string of the molecule is CCc1cc(C(=O)NC2(C)CCS(=O)(=O)C2)sc1C. The first-order chi connectivity index (χ1) is 8.75. The van der Waals surface area contributed by atoms with Crippen LogP contribution in [0.4, 0.5) is 0 Å². The van der Waals surface area contributed by atoms with Crippen molar-refractivity contribution in [2.45, 2.75) is 39.2 Å². The van der Waals surface area contributed by atoms with Gasteiger partial charge >= 0.3 is 0 Å². The Morgan fingerprint density at radius 3 is 2.68 bits per heavy atom. The zero-order valence-corrected chi connectivity index (χ0v) is 13.1. The first kappa shape index (κ1) is 14.5. The third-order valence-electron chi connectivity index (χ3n) is 3.54. The average molecular weight is 301 g/mol. The summed E-state index contributed by atoms with van der Waals surface area (Å²) in [5.41, 5.74) is 0.555. The van der Waals surface area contributed by atoms with Gasteiger partial charge in [-0.15, -0.1) is 11.3 Å². The molecular weight excluding hydrogens is 282 g/mol. The Balaban J connectivity index is 2.13. The maximum Gasteiger partial charge on any atom is 0.261 e. The van der Waals surface area contributed by atoms with Crippen molar-refractivity contribution in [2.75, 3.05) is 11.5 Å². The lowest BCUT2D eigenvalue weighted by Gasteiger charge is -2.23. The van der Waals surface area contributed by atoms with Crippen molar-refractivity contribution in [2.24, 2.45) is 0 Å². The van der Waals surface area contributed by atoms with E-state index in [4.69, 9.17) is 0 Å². The highest BCUT2D eigenvalue weighted by atomic mass is 32.2. The second-order valence-corrected chi connectivity index (χ2v) is 8.84. The molecule has 19 heavy (non-hydrogen) atoms. The molecule has 0 aliphatic carbocycles. The maximum atomic E-state index is 12.2. The molecule has 0 spiro atoms. The zero-order valence-electron chi connectivity index (χ0n) is 11.4. The molecule has 1 aliphatic heterocycles. The highest BCUT2D eigenvalue weighted by molar-refractivity contribution is 7.91. The summed E-state index contributed by atoms with van der Waals surface area (Å²) in [5, 5.41) is 2.88. The van der Waals surface area contributed by atoms with Crippen LogP contribution in [0.15, 0.2) is 6.07 Å². The van der Waals surface area contributed by atoms with Crippen LogP contribution in [-0.4, -0.2) is 31.4 Å². The number of nitrogens with one attached hydrogen (secondary N) is 1. The van der Waals surface area contributed by atoms with Crippen molar-refractivity contribution in [3.63, 3.8) is 0 Å². The summed E-state index contributed by atoms with van der Waals surface area (Å²) < 4.78 is 23.0. The van der Waals surface area contributed by atoms with Gasteiger partial charge < -0.3 is 5.32 Å². The van der Waals surface area contributed by atoms with Crippen LogP contribution in [0.2, 0.25) is 0 Å². The number of carbonyl (C=O) groups excluding carboxylic acids is 1. The number of hydrogen-bond donors (Lipinski definition) is 1. The average Bonchev–Trinajstić information content (AvgIpc) is 2.79. The highest BCUT2D eigenvalue weighted by Crippen LogP contribution is 2.26. The zero-order chi connectivity index (χ0) is 14.3. The fourth-order valence-electron chi connectivity index (χ4n) is 2.43. The molecule has 0 saturated carbocycles. The van der Waals surface area contributed by atoms with Gasteiger partial charge in [-0.25, -0.2) is 8.42 Å². The second-order valence-electron chi connectivity index (χ2n) is 5.40. The van der Waals surface area contributed by atoms with E-state index in [0.29, 0.717) is 11.3 Å². The summed E-state index contributed by atoms with van der Waals surface area (Å²) in [7, 11) is -3.00. The van der Waals surface area contributed by atoms with Crippen molar-refractivity contribution < 1.29 is 13.2 Å². The topological polar surface area (TPSA) is 63.2 Å². The lowest BCUT2D eigenvalue weighted by atomic mass is 10.0. The van der Waals surface area contributed by atoms with Gasteiger partial charge in [0.25, 0.3) is 5.91 Å². The van der Waals surface area contributed by atoms with Gasteiger partial charge in [-0.05, 0) is 38.3 Å². The lowest BCUT2D eigenvalue weighted by molar-refractivity contribution is 0.0919. The smallest absolute Gasteiger partial charge is 0.261 e. The van der Waals surface area contributed by atoms with E-state index in [9.17, 15) is 13.2 Å². The number of thiophene rings is 1. The molecule has 1 atom stereocenters. The maximum absolute atomic E-state index is 12.2. The minimum atomic E-state index is -3.00. The van der Waals surface area contributed by atoms with Crippen LogP contribution in [0.5, 0.6) is 0 Å². The van der Waals surface area contributed by atoms with Gasteiger partial charge in [-0.2, -0.15) is 0 Å². The summed E-state index contributed by atoms with van der Waals surface area (Å²) in [6.45, 7) is 5.86. The van der Waals surface area contributed by atoms with E-state index in [1.807, 2.05) is 13.0 Å². The standard InChI is InChI=1S/C13H19NO3S2/c1-4-10-7-11(18-9(10)2)12(15)14-13(3)5-6-19(16,17)8-13/h7H,4-6,8H2,1-3H3,(H,14,15). The Labute approximate surface area is 118 Å². The summed E-state index contributed by atoms with van der Waals surface area (Å²) >= 11 is 1.47. The van der Waals surface area contributed by atoms with Crippen molar-refractivity contribution in [3.05, 3.63) is 21.4 Å². The first-order valence-corrected chi connectivity index (χ1v) is 9.01. The first-order valence-electron chi connectivity index (χ1n) is 6.37. The van der Waals surface area contributed by atoms with Crippen LogP contribution >= 0.6 is 11.3 Å². The third kappa shape index (κ3) is 3.17. The van der Waals surface area contributed by atoms with E-state index in [2.05, 4.69) is 12.2 Å². The Bertz CT molecular complexity index is 603. The van der Waals surface area contributed by atoms with Crippen molar-refractivity contribution in [1.82, 2.24) is 5.32 Å². The summed E-state index contributed by atoms with van der Waals surface area (Å²) in [6.07, 6.45) is 1.40. The van der Waals surface area contributed by atoms with E-state index >= 15 is 0 Å². The molecule has 1 N–H and O–H groups in total. The molecule has 0 radical (unpaired) electrons. The summed E-state index contributed by atoms with van der Waals surface area (Å²) in [6, 6.07) is 1.90. The number of carbonyl (C=O) groups is 1. The molecule has 2 rings (SSSR count). The van der Waals surface area contributed by atoms with Crippen LogP contribution in [-0.2, 0) is 16.3 Å². The molecular formula is C13H19NO3S2. The molecule has 6 heteroatoms. The summed E-state index contributed by atoms with van der Waals surface area (Å²) in [5.74, 6) is 0.0388. The minimum Gasteiger partial charge on any atom is -0.345 e. The van der Waals surface area contributed by atoms with E-state index in [-0.39, 0.29) is 17.4 Å². The van der Waals surface area contributed by atoms with Gasteiger partial charge in [-0.1, -0.05) is 6.92 Å². The molecule has 106 valence electrons. The number of sulfone groups is 1. The molecule has 1 amide bonds. The lowest BCUT2D eigenvalue weighted by Crippen LogP contribution is -2.46. The molecule has 1 fully saturated rings. The van der Waals surface area contributed by atoms with Crippen LogP contribution in [0.3, 0.4) is 0 Å². The van der Waals surface area contributed by atoms with Gasteiger partial charge in [0.1, 0.15) is 0 Å². The van der Waals surface area contributed by atoms with E-state index in [0.717, 1.165) is 11.3 Å². The number of hydrogen-bond acceptors (Lipinski definition) is 4. The molecule has 4 nitrogen and oxygen atoms in total. The van der Waals surface area contributed by atoms with Crippen LogP contribution in [0, 0.1) is 6.92 Å². The molecule has 1 aromatic heterocycles. The van der Waals surface area contributed by atoms with Gasteiger partial charge in [0.15, 0.2) is 9.84 Å². The van der Waals surface area contributed by atoms with Crippen molar-refractivity contribution in [3.8, 4) is 0 Å². The molecule has 1 unspecified atom stereocenters. The predicted octanol–water partition coefficient (Wildman–Crippen LogP) is 1.93. The Kier molecular flexibility index (Phi) is 3.75. The third-order valence-corrected chi connectivity index (χ3v) is 6.54. The predicted molar refractivity (Wildman–Crippen MR) is 77.6 cm³/mol. The van der Waals surface area contributed by atoms with Gasteiger partial charge in [0, 0.05) is 4.88 Å². The molecule has 0 bridgehead atoms.